The molecular formula is C14H13N3O3S2. The highest BCUT2D eigenvalue weighted by molar-refractivity contribution is 8.00. The van der Waals surface area contributed by atoms with Gasteiger partial charge in [0.15, 0.2) is 5.13 Å². The Morgan fingerprint density at radius 1 is 1.45 bits per heavy atom. The number of carboxylic acid groups (broad SMARTS) is 1. The highest BCUT2D eigenvalue weighted by atomic mass is 32.2. The molecule has 0 bridgehead atoms. The molecule has 2 aromatic rings. The normalized spacial score (nSPS) is 20.6. The topological polar surface area (TPSA) is 97.8 Å². The zero-order valence-electron chi connectivity index (χ0n) is 11.4. The summed E-state index contributed by atoms with van der Waals surface area (Å²) in [7, 11) is 0. The number of nitrogen functional groups attached to an aromatic ring is 1. The van der Waals surface area contributed by atoms with Crippen LogP contribution in [0.25, 0.3) is 0 Å². The number of carbonyl (C=O) groups is 1. The predicted molar refractivity (Wildman–Crippen MR) is 86.3 cm³/mol. The van der Waals surface area contributed by atoms with Crippen LogP contribution in [0.5, 0.6) is 0 Å². The Morgan fingerprint density at radius 3 is 2.86 bits per heavy atom. The van der Waals surface area contributed by atoms with E-state index in [0.717, 1.165) is 11.3 Å². The molecular weight excluding hydrogens is 322 g/mol. The average Bonchev–Trinajstić information content (AvgIpc) is 3.08. The maximum Gasteiger partial charge on any atom is 0.360 e. The monoisotopic (exact) mass is 335 g/mol. The van der Waals surface area contributed by atoms with Gasteiger partial charge in [-0.2, -0.15) is 0 Å². The van der Waals surface area contributed by atoms with E-state index in [4.69, 9.17) is 10.6 Å². The largest absolute Gasteiger partial charge is 0.476 e. The van der Waals surface area contributed by atoms with Crippen LogP contribution in [0.2, 0.25) is 0 Å². The Hall–Kier alpha value is -2.06. The zero-order chi connectivity index (χ0) is 15.5. The number of hydrogen-bond donors (Lipinski definition) is 2. The van der Waals surface area contributed by atoms with E-state index in [1.54, 1.807) is 17.1 Å². The lowest BCUT2D eigenvalue weighted by Gasteiger charge is -2.01. The third kappa shape index (κ3) is 3.58. The number of anilines is 1. The molecule has 1 aromatic heterocycles. The summed E-state index contributed by atoms with van der Waals surface area (Å²) in [6.45, 7) is 0. The van der Waals surface area contributed by atoms with Crippen molar-refractivity contribution in [3.05, 3.63) is 41.4 Å². The number of carboxylic acids is 1. The summed E-state index contributed by atoms with van der Waals surface area (Å²) in [6.07, 6.45) is 0.769. The van der Waals surface area contributed by atoms with Crippen LogP contribution in [0.1, 0.15) is 12.1 Å². The Bertz CT molecular complexity index is 702. The van der Waals surface area contributed by atoms with Crippen molar-refractivity contribution in [2.75, 3.05) is 5.73 Å². The molecule has 0 spiro atoms. The summed E-state index contributed by atoms with van der Waals surface area (Å²) in [4.78, 5) is 21.6. The number of aliphatic carboxylic acids is 1. The smallest absolute Gasteiger partial charge is 0.360 e. The van der Waals surface area contributed by atoms with E-state index in [1.165, 1.54) is 11.3 Å². The summed E-state index contributed by atoms with van der Waals surface area (Å²) in [5.41, 5.74) is 5.51. The molecule has 1 saturated carbocycles. The molecule has 1 aliphatic rings. The molecule has 2 unspecified atom stereocenters. The van der Waals surface area contributed by atoms with Crippen LogP contribution in [0.4, 0.5) is 5.13 Å². The van der Waals surface area contributed by atoms with E-state index >= 15 is 0 Å². The zero-order valence-corrected chi connectivity index (χ0v) is 13.0. The highest BCUT2D eigenvalue weighted by Gasteiger charge is 2.41. The van der Waals surface area contributed by atoms with Crippen molar-refractivity contribution in [2.24, 2.45) is 5.16 Å². The molecule has 0 aliphatic heterocycles. The second-order valence-electron chi connectivity index (χ2n) is 4.66. The number of nitrogens with zero attached hydrogens (tertiary/aromatic N) is 2. The molecule has 1 heterocycles. The van der Waals surface area contributed by atoms with Crippen molar-refractivity contribution in [3.63, 3.8) is 0 Å². The Kier molecular flexibility index (Phi) is 4.30. The molecule has 2 atom stereocenters. The quantitative estimate of drug-likeness (QED) is 0.621. The third-order valence-electron chi connectivity index (χ3n) is 2.95. The third-order valence-corrected chi connectivity index (χ3v) is 4.97. The summed E-state index contributed by atoms with van der Waals surface area (Å²) in [5, 5.41) is 15.1. The first-order valence-electron chi connectivity index (χ1n) is 6.53. The molecule has 1 aliphatic carbocycles. The molecule has 3 N–H and O–H groups in total. The standard InChI is InChI=1S/C14H13N3O3S2/c15-14-16-9(7-21-14)12(13(18)19)17-20-10-6-11(10)22-8-4-2-1-3-5-8/h1-5,7,10-11H,6H2,(H2,15,16)(H,18,19)/b17-12-. The van der Waals surface area contributed by atoms with Crippen LogP contribution in [0, 0.1) is 0 Å². The number of thiazole rings is 1. The van der Waals surface area contributed by atoms with Gasteiger partial charge in [-0.3, -0.25) is 0 Å². The molecule has 0 amide bonds. The van der Waals surface area contributed by atoms with Crippen molar-refractivity contribution < 1.29 is 14.7 Å². The molecule has 22 heavy (non-hydrogen) atoms. The Labute approximate surface area is 135 Å². The van der Waals surface area contributed by atoms with Crippen LogP contribution in [0.3, 0.4) is 0 Å². The van der Waals surface area contributed by atoms with Gasteiger partial charge in [0, 0.05) is 16.7 Å². The first-order chi connectivity index (χ1) is 10.6. The van der Waals surface area contributed by atoms with E-state index in [9.17, 15) is 9.90 Å². The fourth-order valence-corrected chi connectivity index (χ4v) is 3.47. The summed E-state index contributed by atoms with van der Waals surface area (Å²) >= 11 is 2.87. The average molecular weight is 335 g/mol. The molecule has 1 fully saturated rings. The van der Waals surface area contributed by atoms with Gasteiger partial charge in [-0.1, -0.05) is 23.4 Å². The van der Waals surface area contributed by atoms with Crippen LogP contribution in [0.15, 0.2) is 45.8 Å². The molecule has 3 rings (SSSR count). The van der Waals surface area contributed by atoms with Gasteiger partial charge in [0.25, 0.3) is 0 Å². The van der Waals surface area contributed by atoms with E-state index < -0.39 is 5.97 Å². The molecule has 8 heteroatoms. The molecule has 0 saturated heterocycles. The summed E-state index contributed by atoms with van der Waals surface area (Å²) in [5.74, 6) is -1.18. The van der Waals surface area contributed by atoms with Gasteiger partial charge < -0.3 is 15.7 Å². The van der Waals surface area contributed by atoms with E-state index in [-0.39, 0.29) is 17.5 Å². The minimum atomic E-state index is -1.18. The first-order valence-corrected chi connectivity index (χ1v) is 8.29. The number of hydrogen-bond acceptors (Lipinski definition) is 7. The number of thioether (sulfide) groups is 1. The van der Waals surface area contributed by atoms with Gasteiger partial charge in [-0.05, 0) is 12.1 Å². The van der Waals surface area contributed by atoms with E-state index in [0.29, 0.717) is 10.4 Å². The fraction of sp³-hybridized carbons (Fsp3) is 0.214. The highest BCUT2D eigenvalue weighted by Crippen LogP contribution is 2.41. The summed E-state index contributed by atoms with van der Waals surface area (Å²) < 4.78 is 0. The Balaban J connectivity index is 1.60. The van der Waals surface area contributed by atoms with Crippen LogP contribution in [-0.2, 0) is 9.63 Å². The van der Waals surface area contributed by atoms with Gasteiger partial charge in [-0.25, -0.2) is 9.78 Å². The van der Waals surface area contributed by atoms with Crippen LogP contribution in [-0.4, -0.2) is 33.1 Å². The van der Waals surface area contributed by atoms with E-state index in [2.05, 4.69) is 10.1 Å². The van der Waals surface area contributed by atoms with Crippen LogP contribution >= 0.6 is 23.1 Å². The minimum Gasteiger partial charge on any atom is -0.476 e. The number of aromatic nitrogens is 1. The number of nitrogens with two attached hydrogens (primary N) is 1. The predicted octanol–water partition coefficient (Wildman–Crippen LogP) is 2.46. The summed E-state index contributed by atoms with van der Waals surface area (Å²) in [6, 6.07) is 9.99. The fourth-order valence-electron chi connectivity index (χ4n) is 1.77. The molecule has 1 aromatic carbocycles. The van der Waals surface area contributed by atoms with Gasteiger partial charge in [-0.15, -0.1) is 23.1 Å². The number of oxime groups is 1. The molecule has 6 nitrogen and oxygen atoms in total. The van der Waals surface area contributed by atoms with Crippen molar-refractivity contribution in [2.45, 2.75) is 22.7 Å². The maximum atomic E-state index is 11.2. The van der Waals surface area contributed by atoms with Crippen molar-refractivity contribution in [1.82, 2.24) is 4.98 Å². The molecule has 114 valence electrons. The Morgan fingerprint density at radius 2 is 2.23 bits per heavy atom. The number of rotatable bonds is 6. The van der Waals surface area contributed by atoms with Crippen molar-refractivity contribution >= 4 is 39.9 Å². The first kappa shape index (κ1) is 14.9. The van der Waals surface area contributed by atoms with Crippen LogP contribution < -0.4 is 5.73 Å². The lowest BCUT2D eigenvalue weighted by molar-refractivity contribution is -0.129. The second-order valence-corrected chi connectivity index (χ2v) is 6.87. The van der Waals surface area contributed by atoms with Gasteiger partial charge in [0.2, 0.25) is 5.71 Å². The van der Waals surface area contributed by atoms with Gasteiger partial charge >= 0.3 is 5.97 Å². The maximum absolute atomic E-state index is 11.2. The SMILES string of the molecule is Nc1nc(/C(=N/OC2CC2Sc2ccccc2)C(=O)O)cs1. The van der Waals surface area contributed by atoms with Crippen molar-refractivity contribution in [3.8, 4) is 0 Å². The van der Waals surface area contributed by atoms with Crippen molar-refractivity contribution in [1.29, 1.82) is 0 Å². The second kappa shape index (κ2) is 6.37. The molecule has 0 radical (unpaired) electrons. The number of benzene rings is 1. The van der Waals surface area contributed by atoms with Gasteiger partial charge in [0.1, 0.15) is 11.8 Å². The minimum absolute atomic E-state index is 0.0736. The van der Waals surface area contributed by atoms with Gasteiger partial charge in [0.05, 0.1) is 5.25 Å². The van der Waals surface area contributed by atoms with E-state index in [1.807, 2.05) is 30.3 Å². The lowest BCUT2D eigenvalue weighted by atomic mass is 10.3. The lowest BCUT2D eigenvalue weighted by Crippen LogP contribution is -2.16.